The number of benzene rings is 2. The van der Waals surface area contributed by atoms with Crippen LogP contribution in [0.5, 0.6) is 0 Å². The van der Waals surface area contributed by atoms with E-state index < -0.39 is 0 Å². The van der Waals surface area contributed by atoms with Crippen molar-refractivity contribution < 1.29 is 9.59 Å². The van der Waals surface area contributed by atoms with Crippen LogP contribution in [-0.4, -0.2) is 30.1 Å². The van der Waals surface area contributed by atoms with Gasteiger partial charge in [0, 0.05) is 29.6 Å². The van der Waals surface area contributed by atoms with Crippen LogP contribution < -0.4 is 5.32 Å². The van der Waals surface area contributed by atoms with Crippen molar-refractivity contribution in [1.82, 2.24) is 4.90 Å². The summed E-state index contributed by atoms with van der Waals surface area (Å²) in [6.45, 7) is 0. The van der Waals surface area contributed by atoms with Crippen molar-refractivity contribution in [2.24, 2.45) is 0 Å². The molecule has 1 aliphatic carbocycles. The molecule has 28 heavy (non-hydrogen) atoms. The fourth-order valence-corrected chi connectivity index (χ4v) is 5.00. The molecule has 4 nitrogen and oxygen atoms in total. The summed E-state index contributed by atoms with van der Waals surface area (Å²) >= 11 is 2.72. The summed E-state index contributed by atoms with van der Waals surface area (Å²) in [6, 6.07) is 17.8. The maximum atomic E-state index is 12.7. The van der Waals surface area contributed by atoms with E-state index in [1.54, 1.807) is 25.4 Å². The molecule has 2 amide bonds. The molecule has 0 bridgehead atoms. The van der Waals surface area contributed by atoms with Crippen molar-refractivity contribution in [3.8, 4) is 10.4 Å². The molecule has 0 spiro atoms. The third kappa shape index (κ3) is 3.84. The number of thioether (sulfide) groups is 1. The van der Waals surface area contributed by atoms with Crippen molar-refractivity contribution in [2.75, 3.05) is 19.4 Å². The third-order valence-corrected chi connectivity index (χ3v) is 6.90. The van der Waals surface area contributed by atoms with Gasteiger partial charge in [-0.2, -0.15) is 0 Å². The van der Waals surface area contributed by atoms with Gasteiger partial charge in [-0.15, -0.1) is 11.3 Å². The van der Waals surface area contributed by atoms with Crippen LogP contribution in [0.1, 0.15) is 20.8 Å². The summed E-state index contributed by atoms with van der Waals surface area (Å²) in [5.41, 5.74) is 4.57. The maximum absolute atomic E-state index is 12.7. The Hall–Kier alpha value is -2.57. The number of thiophene rings is 1. The highest BCUT2D eigenvalue weighted by atomic mass is 32.2. The Morgan fingerprint density at radius 1 is 1.00 bits per heavy atom. The fraction of sp³-hybridized carbons (Fsp3) is 0.182. The van der Waals surface area contributed by atoms with Crippen molar-refractivity contribution in [3.63, 3.8) is 0 Å². The van der Waals surface area contributed by atoms with Crippen LogP contribution in [0.2, 0.25) is 0 Å². The lowest BCUT2D eigenvalue weighted by molar-refractivity contribution is 0.103. The average Bonchev–Trinajstić information content (AvgIpc) is 3.14. The molecule has 0 saturated carbocycles. The summed E-state index contributed by atoms with van der Waals surface area (Å²) in [4.78, 5) is 28.8. The van der Waals surface area contributed by atoms with E-state index >= 15 is 0 Å². The van der Waals surface area contributed by atoms with E-state index in [-0.39, 0.29) is 11.1 Å². The van der Waals surface area contributed by atoms with Gasteiger partial charge in [-0.05, 0) is 71.6 Å². The lowest BCUT2D eigenvalue weighted by Gasteiger charge is -2.15. The number of carbonyl (C=O) groups excluding carboxylic acids is 2. The predicted molar refractivity (Wildman–Crippen MR) is 116 cm³/mol. The number of aryl methyl sites for hydroxylation is 2. The Morgan fingerprint density at radius 3 is 2.46 bits per heavy atom. The molecule has 6 heteroatoms. The molecule has 1 aliphatic rings. The normalized spacial score (nSPS) is 12.1. The molecular formula is C22H20N2O2S2. The van der Waals surface area contributed by atoms with Crippen LogP contribution in [0, 0.1) is 0 Å². The Morgan fingerprint density at radius 2 is 1.71 bits per heavy atom. The lowest BCUT2D eigenvalue weighted by Crippen LogP contribution is -2.16. The molecule has 0 unspecified atom stereocenters. The first-order valence-corrected chi connectivity index (χ1v) is 10.7. The van der Waals surface area contributed by atoms with Gasteiger partial charge in [-0.25, -0.2) is 0 Å². The number of hydrogen-bond donors (Lipinski definition) is 1. The van der Waals surface area contributed by atoms with E-state index in [1.165, 1.54) is 26.5 Å². The summed E-state index contributed by atoms with van der Waals surface area (Å²) in [6.07, 6.45) is 1.99. The van der Waals surface area contributed by atoms with Gasteiger partial charge < -0.3 is 10.2 Å². The van der Waals surface area contributed by atoms with Gasteiger partial charge in [0.1, 0.15) is 0 Å². The molecule has 1 heterocycles. The first-order chi connectivity index (χ1) is 13.5. The van der Waals surface area contributed by atoms with Crippen LogP contribution in [0.15, 0.2) is 59.5 Å². The van der Waals surface area contributed by atoms with Gasteiger partial charge in [0.2, 0.25) is 0 Å². The van der Waals surface area contributed by atoms with Gasteiger partial charge in [0.15, 0.2) is 0 Å². The number of fused-ring (bicyclic) bond motifs is 3. The Labute approximate surface area is 172 Å². The fourth-order valence-electron chi connectivity index (χ4n) is 3.17. The van der Waals surface area contributed by atoms with Gasteiger partial charge in [0.25, 0.3) is 11.1 Å². The highest BCUT2D eigenvalue weighted by molar-refractivity contribution is 8.13. The number of hydrogen-bond acceptors (Lipinski definition) is 4. The highest BCUT2D eigenvalue weighted by Crippen LogP contribution is 2.39. The number of nitrogens with zero attached hydrogens (tertiary/aromatic N) is 1. The smallest absolute Gasteiger partial charge is 0.285 e. The molecule has 3 aromatic rings. The average molecular weight is 409 g/mol. The Kier molecular flexibility index (Phi) is 5.24. The first kappa shape index (κ1) is 18.8. The third-order valence-electron chi connectivity index (χ3n) is 4.64. The van der Waals surface area contributed by atoms with Crippen LogP contribution >= 0.6 is 23.1 Å². The minimum atomic E-state index is -0.0957. The van der Waals surface area contributed by atoms with Crippen molar-refractivity contribution in [3.05, 3.63) is 70.6 Å². The topological polar surface area (TPSA) is 49.4 Å². The van der Waals surface area contributed by atoms with Crippen molar-refractivity contribution >= 4 is 39.9 Å². The van der Waals surface area contributed by atoms with Crippen molar-refractivity contribution in [2.45, 2.75) is 17.7 Å². The number of amides is 2. The van der Waals surface area contributed by atoms with E-state index in [9.17, 15) is 9.59 Å². The van der Waals surface area contributed by atoms with Gasteiger partial charge >= 0.3 is 0 Å². The van der Waals surface area contributed by atoms with E-state index in [2.05, 4.69) is 23.5 Å². The Bertz CT molecular complexity index is 1040. The van der Waals surface area contributed by atoms with E-state index in [0.717, 1.165) is 40.1 Å². The van der Waals surface area contributed by atoms with Gasteiger partial charge in [0.05, 0.1) is 4.88 Å². The van der Waals surface area contributed by atoms with Crippen LogP contribution in [0.3, 0.4) is 0 Å². The minimum Gasteiger partial charge on any atom is -0.339 e. The SMILES string of the molecule is CN(C)C(=O)Sc1ccc(NC(=O)c2cc3c(s2)-c2ccccc2CC3)cc1. The van der Waals surface area contributed by atoms with Crippen LogP contribution in [0.4, 0.5) is 10.5 Å². The van der Waals surface area contributed by atoms with Crippen molar-refractivity contribution in [1.29, 1.82) is 0 Å². The second-order valence-corrected chi connectivity index (χ2v) is 8.94. The standard InChI is InChI=1S/C22H20N2O2S2/c1-24(2)22(26)27-17-11-9-16(10-12-17)23-21(25)19-13-15-8-7-14-5-3-4-6-18(14)20(15)28-19/h3-6,9-13H,7-8H2,1-2H3,(H,23,25). The molecule has 1 N–H and O–H groups in total. The monoisotopic (exact) mass is 408 g/mol. The van der Waals surface area contributed by atoms with Gasteiger partial charge in [-0.3, -0.25) is 9.59 Å². The molecular weight excluding hydrogens is 388 g/mol. The second kappa shape index (κ2) is 7.81. The highest BCUT2D eigenvalue weighted by Gasteiger charge is 2.21. The largest absolute Gasteiger partial charge is 0.339 e. The number of nitrogens with one attached hydrogen (secondary N) is 1. The molecule has 0 aliphatic heterocycles. The minimum absolute atomic E-state index is 0.0266. The van der Waals surface area contributed by atoms with Crippen LogP contribution in [-0.2, 0) is 12.8 Å². The molecule has 0 fully saturated rings. The maximum Gasteiger partial charge on any atom is 0.285 e. The zero-order valence-corrected chi connectivity index (χ0v) is 17.3. The van der Waals surface area contributed by atoms with E-state index in [0.29, 0.717) is 0 Å². The van der Waals surface area contributed by atoms with Gasteiger partial charge in [-0.1, -0.05) is 24.3 Å². The molecule has 0 saturated heterocycles. The summed E-state index contributed by atoms with van der Waals surface area (Å²) < 4.78 is 0. The zero-order valence-electron chi connectivity index (χ0n) is 15.7. The van der Waals surface area contributed by atoms with E-state index in [4.69, 9.17) is 0 Å². The van der Waals surface area contributed by atoms with E-state index in [1.807, 2.05) is 36.4 Å². The molecule has 1 aromatic heterocycles. The number of carbonyl (C=O) groups is 2. The summed E-state index contributed by atoms with van der Waals surface area (Å²) in [7, 11) is 3.45. The Balaban J connectivity index is 1.48. The second-order valence-electron chi connectivity index (χ2n) is 6.86. The molecule has 2 aromatic carbocycles. The predicted octanol–water partition coefficient (Wildman–Crippen LogP) is 5.54. The summed E-state index contributed by atoms with van der Waals surface area (Å²) in [5.74, 6) is -0.0957. The molecule has 0 radical (unpaired) electrons. The number of rotatable bonds is 3. The number of anilines is 1. The zero-order chi connectivity index (χ0) is 19.7. The van der Waals surface area contributed by atoms with Crippen LogP contribution in [0.25, 0.3) is 10.4 Å². The summed E-state index contributed by atoms with van der Waals surface area (Å²) in [5, 5.41) is 2.93. The lowest BCUT2D eigenvalue weighted by atomic mass is 9.91. The molecule has 4 rings (SSSR count). The molecule has 0 atom stereocenters. The first-order valence-electron chi connectivity index (χ1n) is 9.03. The quantitative estimate of drug-likeness (QED) is 0.579. The molecule has 142 valence electrons.